The number of urea groups is 1. The molecule has 196 valence electrons. The molecule has 4 N–H and O–H groups in total. The summed E-state index contributed by atoms with van der Waals surface area (Å²) >= 11 is 0. The summed E-state index contributed by atoms with van der Waals surface area (Å²) in [6.07, 6.45) is -6.92. The molecule has 11 nitrogen and oxygen atoms in total. The largest absolute Gasteiger partial charge is 0.507 e. The van der Waals surface area contributed by atoms with Crippen molar-refractivity contribution in [2.45, 2.75) is 25.7 Å². The van der Waals surface area contributed by atoms with Gasteiger partial charge in [-0.15, -0.1) is 0 Å². The number of hydrogen-bond donors (Lipinski definition) is 4. The fraction of sp³-hybridized carbons (Fsp3) is 0.273. The molecule has 0 spiro atoms. The third-order valence-electron chi connectivity index (χ3n) is 5.06. The highest BCUT2D eigenvalue weighted by Crippen LogP contribution is 2.47. The molecule has 0 fully saturated rings. The van der Waals surface area contributed by atoms with Crippen LogP contribution in [0, 0.1) is 0 Å². The molecular formula is C22H21F4N7O4. The van der Waals surface area contributed by atoms with Gasteiger partial charge in [0.15, 0.2) is 11.5 Å². The van der Waals surface area contributed by atoms with Gasteiger partial charge < -0.3 is 25.4 Å². The summed E-state index contributed by atoms with van der Waals surface area (Å²) in [5.41, 5.74) is 0.848. The number of rotatable bonds is 7. The summed E-state index contributed by atoms with van der Waals surface area (Å²) in [5.74, 6) is -1.26. The normalized spacial score (nSPS) is 15.0. The highest BCUT2D eigenvalue weighted by Gasteiger charge is 2.65. The van der Waals surface area contributed by atoms with Crippen LogP contribution in [-0.4, -0.2) is 45.5 Å². The van der Waals surface area contributed by atoms with Crippen molar-refractivity contribution in [3.63, 3.8) is 0 Å². The fourth-order valence-corrected chi connectivity index (χ4v) is 3.32. The summed E-state index contributed by atoms with van der Waals surface area (Å²) in [5, 5.41) is 14.8. The molecule has 1 aromatic carbocycles. The van der Waals surface area contributed by atoms with Crippen molar-refractivity contribution in [2.24, 2.45) is 7.05 Å². The van der Waals surface area contributed by atoms with Crippen molar-refractivity contribution in [3.05, 3.63) is 53.9 Å². The quantitative estimate of drug-likeness (QED) is 0.347. The third kappa shape index (κ3) is 5.49. The van der Waals surface area contributed by atoms with Crippen LogP contribution in [0.15, 0.2) is 42.7 Å². The number of carbonyl (C=O) groups is 2. The van der Waals surface area contributed by atoms with Gasteiger partial charge in [0.25, 0.3) is 5.91 Å². The maximum atomic E-state index is 13.5. The molecule has 4 rings (SSSR count). The van der Waals surface area contributed by atoms with Gasteiger partial charge in [-0.05, 0) is 36.8 Å². The number of anilines is 3. The maximum absolute atomic E-state index is 13.5. The predicted octanol–water partition coefficient (Wildman–Crippen LogP) is 3.78. The zero-order valence-electron chi connectivity index (χ0n) is 19.4. The van der Waals surface area contributed by atoms with Crippen molar-refractivity contribution in [3.8, 4) is 11.5 Å². The number of alkyl halides is 4. The minimum Gasteiger partial charge on any atom is -0.421 e. The Morgan fingerprint density at radius 2 is 1.76 bits per heavy atom. The number of hydrogen-bond acceptors (Lipinski definition) is 7. The summed E-state index contributed by atoms with van der Waals surface area (Å²) in [6.45, 7) is 2.47. The zero-order chi connectivity index (χ0) is 26.8. The van der Waals surface area contributed by atoms with Gasteiger partial charge in [-0.25, -0.2) is 9.78 Å². The minimum atomic E-state index is -4.88. The van der Waals surface area contributed by atoms with Gasteiger partial charge in [0.05, 0.1) is 6.20 Å². The molecule has 15 heteroatoms. The molecule has 0 unspecified atom stereocenters. The van der Waals surface area contributed by atoms with E-state index in [-0.39, 0.29) is 17.8 Å². The molecule has 1 aliphatic rings. The standard InChI is InChI=1S/C22H21F4N7O4/c1-3-27-20(35)32-17-8-12(6-7-28-17)10-29-18-14(11-30-33(18)2)19(34)31-13-4-5-15-16(9-13)37-22(25,26)21(23,24)36-15/h4-9,11,29H,3,10H2,1-2H3,(H,31,34)(H2,27,28,32,35). The predicted molar refractivity (Wildman–Crippen MR) is 123 cm³/mol. The number of aryl methyl sites for hydroxylation is 1. The van der Waals surface area contributed by atoms with E-state index in [0.717, 1.165) is 17.7 Å². The molecule has 1 aliphatic heterocycles. The molecule has 3 amide bonds. The van der Waals surface area contributed by atoms with Crippen molar-refractivity contribution >= 4 is 29.3 Å². The van der Waals surface area contributed by atoms with E-state index >= 15 is 0 Å². The van der Waals surface area contributed by atoms with Crippen molar-refractivity contribution in [1.82, 2.24) is 20.1 Å². The number of nitrogens with one attached hydrogen (secondary N) is 4. The summed E-state index contributed by atoms with van der Waals surface area (Å²) in [4.78, 5) is 28.7. The van der Waals surface area contributed by atoms with Crippen LogP contribution in [-0.2, 0) is 13.6 Å². The zero-order valence-corrected chi connectivity index (χ0v) is 19.4. The smallest absolute Gasteiger partial charge is 0.421 e. The first-order valence-electron chi connectivity index (χ1n) is 10.8. The Bertz CT molecular complexity index is 1330. The Labute approximate surface area is 207 Å². The molecular weight excluding hydrogens is 502 g/mol. The number of halogens is 4. The lowest BCUT2D eigenvalue weighted by Gasteiger charge is -2.31. The molecule has 0 bridgehead atoms. The lowest BCUT2D eigenvalue weighted by Crippen LogP contribution is -2.52. The van der Waals surface area contributed by atoms with Crippen LogP contribution in [0.5, 0.6) is 11.5 Å². The molecule has 0 atom stereocenters. The SMILES string of the molecule is CCNC(=O)Nc1cc(CNc2c(C(=O)Nc3ccc4c(c3)OC(F)(F)C(F)(F)O4)cnn2C)ccn1. The molecule has 0 aliphatic carbocycles. The number of carbonyl (C=O) groups excluding carboxylic acids is 2. The molecule has 0 saturated heterocycles. The van der Waals surface area contributed by atoms with Gasteiger partial charge in [0.1, 0.15) is 17.2 Å². The highest BCUT2D eigenvalue weighted by molar-refractivity contribution is 6.07. The Morgan fingerprint density at radius 1 is 1.03 bits per heavy atom. The van der Waals surface area contributed by atoms with Crippen LogP contribution in [0.3, 0.4) is 0 Å². The first-order chi connectivity index (χ1) is 17.5. The maximum Gasteiger partial charge on any atom is 0.507 e. The topological polar surface area (TPSA) is 131 Å². The fourth-order valence-electron chi connectivity index (χ4n) is 3.32. The van der Waals surface area contributed by atoms with Gasteiger partial charge in [0.2, 0.25) is 0 Å². The van der Waals surface area contributed by atoms with Gasteiger partial charge in [-0.1, -0.05) is 0 Å². The second kappa shape index (κ2) is 9.83. The first-order valence-corrected chi connectivity index (χ1v) is 10.8. The van der Waals surface area contributed by atoms with Gasteiger partial charge in [-0.3, -0.25) is 14.8 Å². The van der Waals surface area contributed by atoms with E-state index in [1.165, 1.54) is 23.1 Å². The number of aromatic nitrogens is 3. The van der Waals surface area contributed by atoms with E-state index < -0.39 is 35.7 Å². The monoisotopic (exact) mass is 523 g/mol. The Hall–Kier alpha value is -4.56. The summed E-state index contributed by atoms with van der Waals surface area (Å²) in [7, 11) is 1.60. The van der Waals surface area contributed by atoms with Crippen LogP contribution >= 0.6 is 0 Å². The lowest BCUT2D eigenvalue weighted by molar-refractivity contribution is -0.391. The summed E-state index contributed by atoms with van der Waals surface area (Å²) in [6, 6.07) is 6.07. The van der Waals surface area contributed by atoms with Crippen LogP contribution in [0.25, 0.3) is 0 Å². The van der Waals surface area contributed by atoms with E-state index in [9.17, 15) is 27.2 Å². The molecule has 3 aromatic rings. The van der Waals surface area contributed by atoms with Gasteiger partial charge >= 0.3 is 18.2 Å². The number of pyridine rings is 1. The minimum absolute atomic E-state index is 0.00150. The van der Waals surface area contributed by atoms with Crippen LogP contribution in [0.2, 0.25) is 0 Å². The van der Waals surface area contributed by atoms with Crippen molar-refractivity contribution in [1.29, 1.82) is 0 Å². The van der Waals surface area contributed by atoms with Gasteiger partial charge in [0, 0.05) is 38.1 Å². The molecule has 0 saturated carbocycles. The van der Waals surface area contributed by atoms with Crippen LogP contribution < -0.4 is 30.7 Å². The Morgan fingerprint density at radius 3 is 2.49 bits per heavy atom. The van der Waals surface area contributed by atoms with Crippen molar-refractivity contribution < 1.29 is 36.6 Å². The van der Waals surface area contributed by atoms with Crippen LogP contribution in [0.1, 0.15) is 22.8 Å². The van der Waals surface area contributed by atoms with Gasteiger partial charge in [-0.2, -0.15) is 22.7 Å². The third-order valence-corrected chi connectivity index (χ3v) is 5.06. The summed E-state index contributed by atoms with van der Waals surface area (Å²) < 4.78 is 63.2. The van der Waals surface area contributed by atoms with E-state index in [1.807, 2.05) is 0 Å². The van der Waals surface area contributed by atoms with E-state index in [4.69, 9.17) is 0 Å². The van der Waals surface area contributed by atoms with E-state index in [1.54, 1.807) is 26.1 Å². The molecule has 2 aromatic heterocycles. The van der Waals surface area contributed by atoms with Crippen LogP contribution in [0.4, 0.5) is 39.7 Å². The van der Waals surface area contributed by atoms with E-state index in [2.05, 4.69) is 40.8 Å². The Kier molecular flexibility index (Phi) is 6.78. The number of ether oxygens (including phenoxy) is 2. The number of nitrogens with zero attached hydrogens (tertiary/aromatic N) is 3. The molecule has 3 heterocycles. The van der Waals surface area contributed by atoms with E-state index in [0.29, 0.717) is 18.2 Å². The highest BCUT2D eigenvalue weighted by atomic mass is 19.3. The number of amides is 3. The second-order valence-electron chi connectivity index (χ2n) is 7.77. The molecule has 37 heavy (non-hydrogen) atoms. The first kappa shape index (κ1) is 25.5. The number of benzene rings is 1. The average Bonchev–Trinajstić information content (AvgIpc) is 3.19. The molecule has 0 radical (unpaired) electrons. The average molecular weight is 523 g/mol. The van der Waals surface area contributed by atoms with Crippen molar-refractivity contribution in [2.75, 3.05) is 22.5 Å². The number of fused-ring (bicyclic) bond motifs is 1. The Balaban J connectivity index is 1.45. The lowest BCUT2D eigenvalue weighted by atomic mass is 10.2. The second-order valence-corrected chi connectivity index (χ2v) is 7.77.